The van der Waals surface area contributed by atoms with Gasteiger partial charge in [-0.1, -0.05) is 51.9 Å². The number of unbranched alkanes of at least 4 members (excludes halogenated alkanes) is 6. The second-order valence-corrected chi connectivity index (χ2v) is 7.59. The molecule has 0 aromatic heterocycles. The molecule has 4 nitrogen and oxygen atoms in total. The summed E-state index contributed by atoms with van der Waals surface area (Å²) in [6, 6.07) is 0. The average Bonchev–Trinajstić information content (AvgIpc) is 2.36. The van der Waals surface area contributed by atoms with Gasteiger partial charge in [0.2, 0.25) is 0 Å². The molecule has 0 aromatic rings. The Morgan fingerprint density at radius 1 is 0.905 bits per heavy atom. The summed E-state index contributed by atoms with van der Waals surface area (Å²) in [6.07, 6.45) is 10.5. The van der Waals surface area contributed by atoms with Crippen molar-refractivity contribution in [1.29, 1.82) is 0 Å². The minimum Gasteiger partial charge on any atom is -0.748 e. The Bertz CT molecular complexity index is 320. The topological polar surface area (TPSA) is 77.4 Å². The monoisotopic (exact) mass is 330 g/mol. The van der Waals surface area contributed by atoms with Crippen LogP contribution >= 0.6 is 0 Å². The van der Waals surface area contributed by atoms with Crippen molar-refractivity contribution >= 4 is 10.1 Å². The van der Waals surface area contributed by atoms with E-state index in [0.29, 0.717) is 19.3 Å². The summed E-state index contributed by atoms with van der Waals surface area (Å²) >= 11 is 0. The standard InChI is InChI=1S/C15H32O4S.Na/c1-3-4-5-6-7-8-9-12-15(16)13-10-11-14(2)20(17,18)19;/h14-16H,3-13H2,1-2H3,(H,17,18,19);/q;+1/p-1. The van der Waals surface area contributed by atoms with Gasteiger partial charge in [-0.3, -0.25) is 0 Å². The molecule has 2 unspecified atom stereocenters. The molecule has 0 saturated heterocycles. The fraction of sp³-hybridized carbons (Fsp3) is 1.00. The minimum atomic E-state index is -4.16. The van der Waals surface area contributed by atoms with Crippen LogP contribution in [0.2, 0.25) is 0 Å². The second-order valence-electron chi connectivity index (χ2n) is 5.80. The number of hydrogen-bond acceptors (Lipinski definition) is 4. The summed E-state index contributed by atoms with van der Waals surface area (Å²) in [5.41, 5.74) is 0. The SMILES string of the molecule is CCCCCCCCCC(O)CCCC(C)S(=O)(=O)[O-].[Na+]. The van der Waals surface area contributed by atoms with Crippen LogP contribution in [0.25, 0.3) is 0 Å². The van der Waals surface area contributed by atoms with Gasteiger partial charge in [0.15, 0.2) is 0 Å². The Kier molecular flexibility index (Phi) is 16.6. The van der Waals surface area contributed by atoms with E-state index < -0.39 is 15.4 Å². The molecule has 2 atom stereocenters. The zero-order chi connectivity index (χ0) is 15.4. The zero-order valence-corrected chi connectivity index (χ0v) is 16.8. The minimum absolute atomic E-state index is 0. The van der Waals surface area contributed by atoms with E-state index in [0.717, 1.165) is 19.3 Å². The van der Waals surface area contributed by atoms with Gasteiger partial charge in [0.05, 0.1) is 16.2 Å². The molecule has 6 heteroatoms. The molecule has 0 aliphatic rings. The van der Waals surface area contributed by atoms with Gasteiger partial charge < -0.3 is 9.66 Å². The van der Waals surface area contributed by atoms with Crippen LogP contribution < -0.4 is 29.6 Å². The molecule has 0 aromatic carbocycles. The van der Waals surface area contributed by atoms with Crippen LogP contribution in [0, 0.1) is 0 Å². The van der Waals surface area contributed by atoms with Gasteiger partial charge in [0.1, 0.15) is 0 Å². The first-order chi connectivity index (χ1) is 9.38. The number of hydrogen-bond donors (Lipinski definition) is 1. The van der Waals surface area contributed by atoms with Crippen LogP contribution in [0.4, 0.5) is 0 Å². The number of aliphatic hydroxyl groups is 1. The van der Waals surface area contributed by atoms with Gasteiger partial charge in [-0.2, -0.15) is 0 Å². The van der Waals surface area contributed by atoms with Gasteiger partial charge in [-0.25, -0.2) is 8.42 Å². The largest absolute Gasteiger partial charge is 1.00 e. The molecule has 0 fully saturated rings. The van der Waals surface area contributed by atoms with Crippen LogP contribution in [0.1, 0.15) is 84.5 Å². The van der Waals surface area contributed by atoms with E-state index in [2.05, 4.69) is 6.92 Å². The summed E-state index contributed by atoms with van der Waals surface area (Å²) in [4.78, 5) is 0. The molecule has 0 rings (SSSR count). The van der Waals surface area contributed by atoms with Gasteiger partial charge >= 0.3 is 29.6 Å². The van der Waals surface area contributed by atoms with Crippen molar-refractivity contribution in [2.45, 2.75) is 95.8 Å². The predicted octanol–water partition coefficient (Wildman–Crippen LogP) is 0.596. The van der Waals surface area contributed by atoms with Crippen LogP contribution in [0.3, 0.4) is 0 Å². The second kappa shape index (κ2) is 14.5. The fourth-order valence-corrected chi connectivity index (χ4v) is 2.72. The first kappa shape index (κ1) is 24.1. The van der Waals surface area contributed by atoms with Crippen LogP contribution in [0.5, 0.6) is 0 Å². The van der Waals surface area contributed by atoms with Crippen molar-refractivity contribution in [2.75, 3.05) is 0 Å². The van der Waals surface area contributed by atoms with Crippen LogP contribution in [-0.4, -0.2) is 29.4 Å². The van der Waals surface area contributed by atoms with E-state index in [-0.39, 0.29) is 35.7 Å². The first-order valence-corrected chi connectivity index (χ1v) is 9.47. The first-order valence-electron chi connectivity index (χ1n) is 8.00. The number of rotatable bonds is 13. The average molecular weight is 330 g/mol. The Morgan fingerprint density at radius 3 is 1.90 bits per heavy atom. The van der Waals surface area contributed by atoms with E-state index in [4.69, 9.17) is 0 Å². The van der Waals surface area contributed by atoms with E-state index in [1.807, 2.05) is 0 Å². The molecule has 0 bridgehead atoms. The number of aliphatic hydroxyl groups excluding tert-OH is 1. The van der Waals surface area contributed by atoms with Crippen molar-refractivity contribution in [2.24, 2.45) is 0 Å². The molecule has 21 heavy (non-hydrogen) atoms. The molecule has 0 aliphatic carbocycles. The van der Waals surface area contributed by atoms with Crippen molar-refractivity contribution in [3.8, 4) is 0 Å². The van der Waals surface area contributed by atoms with Gasteiger partial charge in [-0.15, -0.1) is 0 Å². The van der Waals surface area contributed by atoms with Crippen molar-refractivity contribution in [1.82, 2.24) is 0 Å². The summed E-state index contributed by atoms with van der Waals surface area (Å²) in [6.45, 7) is 3.64. The summed E-state index contributed by atoms with van der Waals surface area (Å²) in [7, 11) is -4.16. The van der Waals surface area contributed by atoms with E-state index >= 15 is 0 Å². The summed E-state index contributed by atoms with van der Waals surface area (Å²) in [5.74, 6) is 0. The molecular formula is C15H31NaO4S. The summed E-state index contributed by atoms with van der Waals surface area (Å²) in [5, 5.41) is 8.94. The van der Waals surface area contributed by atoms with Gasteiger partial charge in [-0.05, 0) is 32.6 Å². The molecule has 0 aliphatic heterocycles. The fourth-order valence-electron chi connectivity index (χ4n) is 2.27. The van der Waals surface area contributed by atoms with Crippen molar-refractivity contribution in [3.63, 3.8) is 0 Å². The van der Waals surface area contributed by atoms with Crippen LogP contribution in [0.15, 0.2) is 0 Å². The quantitative estimate of drug-likeness (QED) is 0.305. The molecule has 0 spiro atoms. The normalized spacial score (nSPS) is 14.5. The van der Waals surface area contributed by atoms with E-state index in [9.17, 15) is 18.1 Å². The Hall–Kier alpha value is 0.870. The van der Waals surface area contributed by atoms with Gasteiger partial charge in [0, 0.05) is 5.25 Å². The van der Waals surface area contributed by atoms with E-state index in [1.54, 1.807) is 0 Å². The summed E-state index contributed by atoms with van der Waals surface area (Å²) < 4.78 is 32.1. The third kappa shape index (κ3) is 15.5. The van der Waals surface area contributed by atoms with E-state index in [1.165, 1.54) is 39.0 Å². The Labute approximate surface area is 153 Å². The molecule has 0 amide bonds. The molecule has 1 N–H and O–H groups in total. The van der Waals surface area contributed by atoms with Crippen molar-refractivity contribution in [3.05, 3.63) is 0 Å². The Balaban J connectivity index is 0. The molecule has 0 heterocycles. The van der Waals surface area contributed by atoms with Crippen molar-refractivity contribution < 1.29 is 47.6 Å². The molecule has 122 valence electrons. The van der Waals surface area contributed by atoms with Gasteiger partial charge in [0.25, 0.3) is 0 Å². The molecule has 0 saturated carbocycles. The third-order valence-electron chi connectivity index (χ3n) is 3.78. The Morgan fingerprint density at radius 2 is 1.38 bits per heavy atom. The third-order valence-corrected chi connectivity index (χ3v) is 5.00. The maximum atomic E-state index is 10.7. The molecule has 0 radical (unpaired) electrons. The predicted molar refractivity (Wildman–Crippen MR) is 81.6 cm³/mol. The zero-order valence-electron chi connectivity index (χ0n) is 14.0. The maximum absolute atomic E-state index is 10.7. The smallest absolute Gasteiger partial charge is 0.748 e. The maximum Gasteiger partial charge on any atom is 1.00 e. The van der Waals surface area contributed by atoms with Crippen LogP contribution in [-0.2, 0) is 10.1 Å². The molecular weight excluding hydrogens is 299 g/mol.